The quantitative estimate of drug-likeness (QED) is 0.901. The van der Waals surface area contributed by atoms with E-state index in [-0.39, 0.29) is 5.56 Å². The minimum absolute atomic E-state index is 0.0278. The molecular weight excluding hydrogens is 243 g/mol. The molecule has 2 nitrogen and oxygen atoms in total. The van der Waals surface area contributed by atoms with Crippen LogP contribution in [0.4, 0.5) is 4.39 Å². The van der Waals surface area contributed by atoms with Crippen LogP contribution in [0.25, 0.3) is 11.1 Å². The summed E-state index contributed by atoms with van der Waals surface area (Å²) in [4.78, 5) is 11.0. The first-order chi connectivity index (χ1) is 9.02. The zero-order valence-electron chi connectivity index (χ0n) is 10.9. The molecule has 1 N–H and O–H groups in total. The van der Waals surface area contributed by atoms with Gasteiger partial charge in [-0.3, -0.25) is 0 Å². The number of halogens is 1. The molecule has 0 spiro atoms. The van der Waals surface area contributed by atoms with E-state index >= 15 is 0 Å². The lowest BCUT2D eigenvalue weighted by molar-refractivity contribution is 0.0696. The summed E-state index contributed by atoms with van der Waals surface area (Å²) in [5, 5.41) is 9.01. The van der Waals surface area contributed by atoms with Gasteiger partial charge in [-0.1, -0.05) is 31.2 Å². The van der Waals surface area contributed by atoms with Gasteiger partial charge in [-0.05, 0) is 47.7 Å². The number of carboxylic acid groups (broad SMARTS) is 1. The highest BCUT2D eigenvalue weighted by atomic mass is 19.1. The lowest BCUT2D eigenvalue weighted by Crippen LogP contribution is -2.00. The van der Waals surface area contributed by atoms with Crippen molar-refractivity contribution in [3.8, 4) is 11.1 Å². The molecule has 98 valence electrons. The van der Waals surface area contributed by atoms with Crippen LogP contribution < -0.4 is 0 Å². The zero-order chi connectivity index (χ0) is 14.0. The summed E-state index contributed by atoms with van der Waals surface area (Å²) in [6.07, 6.45) is 0.883. The van der Waals surface area contributed by atoms with Gasteiger partial charge < -0.3 is 5.11 Å². The number of hydrogen-bond acceptors (Lipinski definition) is 1. The number of hydrogen-bond donors (Lipinski definition) is 1. The monoisotopic (exact) mass is 258 g/mol. The first-order valence-electron chi connectivity index (χ1n) is 6.15. The van der Waals surface area contributed by atoms with Crippen LogP contribution in [0.5, 0.6) is 0 Å². The second-order valence-electron chi connectivity index (χ2n) is 4.49. The van der Waals surface area contributed by atoms with E-state index in [1.807, 2.05) is 31.2 Å². The van der Waals surface area contributed by atoms with E-state index in [9.17, 15) is 9.18 Å². The Bertz CT molecular complexity index is 633. The van der Waals surface area contributed by atoms with Gasteiger partial charge in [0.05, 0.1) is 5.56 Å². The van der Waals surface area contributed by atoms with Gasteiger partial charge in [0, 0.05) is 0 Å². The number of carboxylic acids is 1. The third-order valence-electron chi connectivity index (χ3n) is 3.24. The van der Waals surface area contributed by atoms with Crippen molar-refractivity contribution >= 4 is 5.97 Å². The molecule has 0 aliphatic heterocycles. The maximum atomic E-state index is 13.8. The lowest BCUT2D eigenvalue weighted by atomic mass is 9.96. The number of aryl methyl sites for hydroxylation is 1. The van der Waals surface area contributed by atoms with Crippen LogP contribution in [0, 0.1) is 12.7 Å². The second-order valence-corrected chi connectivity index (χ2v) is 4.49. The molecule has 2 rings (SSSR count). The molecule has 0 saturated heterocycles. The van der Waals surface area contributed by atoms with Crippen molar-refractivity contribution in [3.05, 3.63) is 58.9 Å². The molecule has 0 aromatic heterocycles. The van der Waals surface area contributed by atoms with Crippen molar-refractivity contribution in [1.82, 2.24) is 0 Å². The molecule has 0 aliphatic carbocycles. The van der Waals surface area contributed by atoms with Crippen molar-refractivity contribution in [2.24, 2.45) is 0 Å². The minimum atomic E-state index is -1.12. The number of benzene rings is 2. The van der Waals surface area contributed by atoms with Crippen molar-refractivity contribution in [2.75, 3.05) is 0 Å². The molecule has 2 aromatic rings. The Morgan fingerprint density at radius 1 is 1.26 bits per heavy atom. The minimum Gasteiger partial charge on any atom is -0.478 e. The van der Waals surface area contributed by atoms with Gasteiger partial charge in [0.2, 0.25) is 0 Å². The summed E-state index contributed by atoms with van der Waals surface area (Å²) in [6.45, 7) is 3.70. The van der Waals surface area contributed by atoms with Gasteiger partial charge in [0.15, 0.2) is 0 Å². The predicted molar refractivity (Wildman–Crippen MR) is 72.9 cm³/mol. The molecular formula is C16H15FO2. The van der Waals surface area contributed by atoms with Crippen LogP contribution in [0.3, 0.4) is 0 Å². The SMILES string of the molecule is CCc1cccc(-c2cc(C(=O)O)cc(F)c2C)c1. The Hall–Kier alpha value is -2.16. The maximum absolute atomic E-state index is 13.8. The molecule has 0 amide bonds. The first-order valence-corrected chi connectivity index (χ1v) is 6.15. The third-order valence-corrected chi connectivity index (χ3v) is 3.24. The fourth-order valence-electron chi connectivity index (χ4n) is 2.06. The summed E-state index contributed by atoms with van der Waals surface area (Å²) in [5.41, 5.74) is 3.06. The Morgan fingerprint density at radius 3 is 2.63 bits per heavy atom. The predicted octanol–water partition coefficient (Wildman–Crippen LogP) is 4.06. The van der Waals surface area contributed by atoms with Crippen LogP contribution in [-0.4, -0.2) is 11.1 Å². The highest BCUT2D eigenvalue weighted by Crippen LogP contribution is 2.27. The standard InChI is InChI=1S/C16H15FO2/c1-3-11-5-4-6-12(7-11)14-8-13(16(18)19)9-15(17)10(14)2/h4-9H,3H2,1-2H3,(H,18,19). The fraction of sp³-hybridized carbons (Fsp3) is 0.188. The highest BCUT2D eigenvalue weighted by molar-refractivity contribution is 5.90. The molecule has 2 aromatic carbocycles. The van der Waals surface area contributed by atoms with Gasteiger partial charge in [0.1, 0.15) is 5.82 Å². The van der Waals surface area contributed by atoms with Crippen molar-refractivity contribution in [2.45, 2.75) is 20.3 Å². The van der Waals surface area contributed by atoms with Crippen LogP contribution in [0.2, 0.25) is 0 Å². The summed E-state index contributed by atoms with van der Waals surface area (Å²) in [6, 6.07) is 10.3. The average Bonchev–Trinajstić information content (AvgIpc) is 2.41. The number of aromatic carboxylic acids is 1. The maximum Gasteiger partial charge on any atom is 0.335 e. The van der Waals surface area contributed by atoms with E-state index in [0.29, 0.717) is 11.1 Å². The Morgan fingerprint density at radius 2 is 2.00 bits per heavy atom. The Labute approximate surface area is 111 Å². The molecule has 19 heavy (non-hydrogen) atoms. The molecule has 0 aliphatic rings. The van der Waals surface area contributed by atoms with Gasteiger partial charge in [-0.2, -0.15) is 0 Å². The molecule has 3 heteroatoms. The Balaban J connectivity index is 2.63. The Kier molecular flexibility index (Phi) is 3.65. The molecule has 0 fully saturated rings. The molecule has 0 bridgehead atoms. The number of carbonyl (C=O) groups is 1. The second kappa shape index (κ2) is 5.22. The normalized spacial score (nSPS) is 10.5. The van der Waals surface area contributed by atoms with E-state index < -0.39 is 11.8 Å². The zero-order valence-corrected chi connectivity index (χ0v) is 10.9. The first kappa shape index (κ1) is 13.3. The van der Waals surface area contributed by atoms with Crippen molar-refractivity contribution in [3.63, 3.8) is 0 Å². The molecule has 0 saturated carbocycles. The largest absolute Gasteiger partial charge is 0.478 e. The summed E-state index contributed by atoms with van der Waals surface area (Å²) in [7, 11) is 0. The third kappa shape index (κ3) is 2.65. The smallest absolute Gasteiger partial charge is 0.335 e. The van der Waals surface area contributed by atoms with Crippen LogP contribution in [-0.2, 0) is 6.42 Å². The number of rotatable bonds is 3. The van der Waals surface area contributed by atoms with Crippen LogP contribution in [0.15, 0.2) is 36.4 Å². The summed E-state index contributed by atoms with van der Waals surface area (Å²) < 4.78 is 13.8. The topological polar surface area (TPSA) is 37.3 Å². The van der Waals surface area contributed by atoms with E-state index in [4.69, 9.17) is 5.11 Å². The van der Waals surface area contributed by atoms with Crippen LogP contribution >= 0.6 is 0 Å². The van der Waals surface area contributed by atoms with Gasteiger partial charge in [0.25, 0.3) is 0 Å². The van der Waals surface area contributed by atoms with Crippen LogP contribution in [0.1, 0.15) is 28.4 Å². The van der Waals surface area contributed by atoms with E-state index in [1.54, 1.807) is 6.92 Å². The average molecular weight is 258 g/mol. The molecule has 0 heterocycles. The highest BCUT2D eigenvalue weighted by Gasteiger charge is 2.13. The lowest BCUT2D eigenvalue weighted by Gasteiger charge is -2.10. The van der Waals surface area contributed by atoms with Gasteiger partial charge >= 0.3 is 5.97 Å². The van der Waals surface area contributed by atoms with E-state index in [2.05, 4.69) is 0 Å². The molecule has 0 radical (unpaired) electrons. The molecule has 0 atom stereocenters. The fourth-order valence-corrected chi connectivity index (χ4v) is 2.06. The van der Waals surface area contributed by atoms with E-state index in [1.165, 1.54) is 6.07 Å². The summed E-state index contributed by atoms with van der Waals surface area (Å²) in [5.74, 6) is -1.61. The summed E-state index contributed by atoms with van der Waals surface area (Å²) >= 11 is 0. The van der Waals surface area contributed by atoms with Gasteiger partial charge in [-0.15, -0.1) is 0 Å². The van der Waals surface area contributed by atoms with Gasteiger partial charge in [-0.25, -0.2) is 9.18 Å². The van der Waals surface area contributed by atoms with Crippen molar-refractivity contribution < 1.29 is 14.3 Å². The van der Waals surface area contributed by atoms with E-state index in [0.717, 1.165) is 23.6 Å². The van der Waals surface area contributed by atoms with Crippen molar-refractivity contribution in [1.29, 1.82) is 0 Å². The molecule has 0 unspecified atom stereocenters.